The van der Waals surface area contributed by atoms with Gasteiger partial charge in [0.05, 0.1) is 11.9 Å². The number of hydrogen-bond donors (Lipinski definition) is 0. The summed E-state index contributed by atoms with van der Waals surface area (Å²) in [5.74, 6) is 0. The van der Waals surface area contributed by atoms with E-state index in [0.29, 0.717) is 10.8 Å². The molecule has 6 heteroatoms. The fourth-order valence-corrected chi connectivity index (χ4v) is 1.51. The number of aryl methyl sites for hydroxylation is 1. The van der Waals surface area contributed by atoms with Gasteiger partial charge in [-0.25, -0.2) is 14.4 Å². The van der Waals surface area contributed by atoms with E-state index >= 15 is 0 Å². The fourth-order valence-electron chi connectivity index (χ4n) is 1.03. The highest BCUT2D eigenvalue weighted by Gasteiger charge is 2.06. The monoisotopic (exact) mass is 200 g/mol. The standard InChI is InChI=1S/C6H6ClN4P/c1-3-5-6(11(12)10-3)9-4(7)2-8-5/h2H,12H2,1H3. The Labute approximate surface area is 76.2 Å². The third-order valence-corrected chi connectivity index (χ3v) is 2.08. The first-order valence-electron chi connectivity index (χ1n) is 3.31. The Bertz CT molecular complexity index is 438. The maximum Gasteiger partial charge on any atom is 0.181 e. The fraction of sp³-hybridized carbons (Fsp3) is 0.167. The lowest BCUT2D eigenvalue weighted by Crippen LogP contribution is -1.85. The first kappa shape index (κ1) is 7.90. The Hall–Kier alpha value is -0.730. The number of rotatable bonds is 0. The summed E-state index contributed by atoms with van der Waals surface area (Å²) in [5.41, 5.74) is 2.32. The van der Waals surface area contributed by atoms with Gasteiger partial charge in [0.2, 0.25) is 0 Å². The highest BCUT2D eigenvalue weighted by Crippen LogP contribution is 2.16. The Balaban J connectivity index is 2.90. The second kappa shape index (κ2) is 2.64. The largest absolute Gasteiger partial charge is 0.248 e. The summed E-state index contributed by atoms with van der Waals surface area (Å²) in [6.45, 7) is 1.88. The molecule has 62 valence electrons. The maximum absolute atomic E-state index is 5.68. The molecular weight excluding hydrogens is 195 g/mol. The minimum Gasteiger partial charge on any atom is -0.248 e. The summed E-state index contributed by atoms with van der Waals surface area (Å²) in [5, 5.41) is 4.51. The topological polar surface area (TPSA) is 43.6 Å². The van der Waals surface area contributed by atoms with E-state index in [1.165, 1.54) is 6.20 Å². The maximum atomic E-state index is 5.68. The Kier molecular flexibility index (Phi) is 1.74. The van der Waals surface area contributed by atoms with Gasteiger partial charge in [-0.1, -0.05) is 11.6 Å². The van der Waals surface area contributed by atoms with Crippen molar-refractivity contribution in [2.24, 2.45) is 0 Å². The number of hydrogen-bond acceptors (Lipinski definition) is 3. The molecule has 0 aliphatic heterocycles. The van der Waals surface area contributed by atoms with Crippen molar-refractivity contribution in [3.8, 4) is 0 Å². The molecule has 0 N–H and O–H groups in total. The molecule has 0 aromatic carbocycles. The van der Waals surface area contributed by atoms with Gasteiger partial charge in [-0.05, 0) is 16.3 Å². The first-order valence-corrected chi connectivity index (χ1v) is 4.21. The molecule has 0 bridgehead atoms. The van der Waals surface area contributed by atoms with Gasteiger partial charge in [0.1, 0.15) is 10.7 Å². The summed E-state index contributed by atoms with van der Waals surface area (Å²) in [6.07, 6.45) is 1.52. The van der Waals surface area contributed by atoms with Crippen molar-refractivity contribution in [3.05, 3.63) is 17.0 Å². The van der Waals surface area contributed by atoms with Crippen LogP contribution in [-0.4, -0.2) is 19.5 Å². The zero-order valence-electron chi connectivity index (χ0n) is 6.32. The molecule has 0 saturated heterocycles. The van der Waals surface area contributed by atoms with Gasteiger partial charge in [-0.2, -0.15) is 5.10 Å². The molecule has 1 unspecified atom stereocenters. The van der Waals surface area contributed by atoms with E-state index in [9.17, 15) is 0 Å². The molecule has 0 spiro atoms. The van der Waals surface area contributed by atoms with Gasteiger partial charge in [-0.15, -0.1) is 0 Å². The van der Waals surface area contributed by atoms with Crippen LogP contribution in [0.1, 0.15) is 5.69 Å². The van der Waals surface area contributed by atoms with Crippen molar-refractivity contribution < 1.29 is 0 Å². The third kappa shape index (κ3) is 1.08. The van der Waals surface area contributed by atoms with Crippen LogP contribution in [0.4, 0.5) is 0 Å². The summed E-state index contributed by atoms with van der Waals surface area (Å²) in [7, 11) is 2.43. The van der Waals surface area contributed by atoms with Crippen LogP contribution in [0.25, 0.3) is 11.2 Å². The van der Waals surface area contributed by atoms with Gasteiger partial charge in [0.15, 0.2) is 5.65 Å². The van der Waals surface area contributed by atoms with Crippen molar-refractivity contribution in [1.29, 1.82) is 0 Å². The average molecular weight is 201 g/mol. The SMILES string of the molecule is Cc1nn(P)c2nc(Cl)cnc12. The summed E-state index contributed by atoms with van der Waals surface area (Å²) >= 11 is 5.68. The summed E-state index contributed by atoms with van der Waals surface area (Å²) in [6, 6.07) is 0. The van der Waals surface area contributed by atoms with Crippen LogP contribution in [0.5, 0.6) is 0 Å². The smallest absolute Gasteiger partial charge is 0.181 e. The predicted octanol–water partition coefficient (Wildman–Crippen LogP) is 1.43. The summed E-state index contributed by atoms with van der Waals surface area (Å²) in [4.78, 5) is 8.19. The lowest BCUT2D eigenvalue weighted by atomic mass is 10.4. The van der Waals surface area contributed by atoms with Crippen molar-refractivity contribution >= 4 is 32.2 Å². The van der Waals surface area contributed by atoms with E-state index in [0.717, 1.165) is 11.2 Å². The third-order valence-electron chi connectivity index (χ3n) is 1.54. The molecule has 2 aromatic heterocycles. The van der Waals surface area contributed by atoms with E-state index < -0.39 is 0 Å². The molecule has 12 heavy (non-hydrogen) atoms. The van der Waals surface area contributed by atoms with E-state index in [1.54, 1.807) is 4.45 Å². The van der Waals surface area contributed by atoms with Crippen LogP contribution in [0.2, 0.25) is 5.15 Å². The number of aromatic nitrogens is 4. The predicted molar refractivity (Wildman–Crippen MR) is 50.2 cm³/mol. The highest BCUT2D eigenvalue weighted by atomic mass is 35.5. The minimum absolute atomic E-state index is 0.381. The van der Waals surface area contributed by atoms with Crippen LogP contribution in [0.3, 0.4) is 0 Å². The second-order valence-electron chi connectivity index (χ2n) is 2.39. The van der Waals surface area contributed by atoms with Crippen molar-refractivity contribution in [2.45, 2.75) is 6.92 Å². The highest BCUT2D eigenvalue weighted by molar-refractivity contribution is 7.14. The molecule has 1 atom stereocenters. The second-order valence-corrected chi connectivity index (χ2v) is 3.27. The van der Waals surface area contributed by atoms with Gasteiger partial charge in [0, 0.05) is 0 Å². The minimum atomic E-state index is 0.381. The molecule has 0 fully saturated rings. The van der Waals surface area contributed by atoms with Crippen LogP contribution >= 0.6 is 21.0 Å². The number of fused-ring (bicyclic) bond motifs is 1. The Morgan fingerprint density at radius 3 is 3.08 bits per heavy atom. The number of halogens is 1. The Morgan fingerprint density at radius 1 is 1.58 bits per heavy atom. The van der Waals surface area contributed by atoms with Crippen LogP contribution in [0, 0.1) is 6.92 Å². The lowest BCUT2D eigenvalue weighted by molar-refractivity contribution is 0.991. The normalized spacial score (nSPS) is 10.9. The van der Waals surface area contributed by atoms with Crippen molar-refractivity contribution in [2.75, 3.05) is 0 Å². The molecule has 0 saturated carbocycles. The van der Waals surface area contributed by atoms with Gasteiger partial charge >= 0.3 is 0 Å². The van der Waals surface area contributed by atoms with E-state index in [2.05, 4.69) is 24.5 Å². The number of nitrogens with zero attached hydrogens (tertiary/aromatic N) is 4. The zero-order chi connectivity index (χ0) is 8.72. The van der Waals surface area contributed by atoms with Crippen LogP contribution < -0.4 is 0 Å². The molecule has 0 amide bonds. The summed E-state index contributed by atoms with van der Waals surface area (Å²) < 4.78 is 1.59. The molecule has 2 rings (SSSR count). The quantitative estimate of drug-likeness (QED) is 0.605. The van der Waals surface area contributed by atoms with Crippen LogP contribution in [0.15, 0.2) is 6.20 Å². The van der Waals surface area contributed by atoms with E-state index in [4.69, 9.17) is 11.6 Å². The van der Waals surface area contributed by atoms with Crippen molar-refractivity contribution in [1.82, 2.24) is 19.5 Å². The molecule has 0 aliphatic rings. The van der Waals surface area contributed by atoms with E-state index in [1.807, 2.05) is 6.92 Å². The first-order chi connectivity index (χ1) is 5.68. The van der Waals surface area contributed by atoms with Crippen molar-refractivity contribution in [3.63, 3.8) is 0 Å². The molecule has 0 radical (unpaired) electrons. The molecule has 0 aliphatic carbocycles. The zero-order valence-corrected chi connectivity index (χ0v) is 8.23. The molecule has 4 nitrogen and oxygen atoms in total. The molecular formula is C6H6ClN4P. The Morgan fingerprint density at radius 2 is 2.33 bits per heavy atom. The average Bonchev–Trinajstić information content (AvgIpc) is 2.28. The molecule has 2 aromatic rings. The lowest BCUT2D eigenvalue weighted by Gasteiger charge is -1.91. The van der Waals surface area contributed by atoms with Gasteiger partial charge < -0.3 is 0 Å². The van der Waals surface area contributed by atoms with E-state index in [-0.39, 0.29) is 0 Å². The van der Waals surface area contributed by atoms with Gasteiger partial charge in [-0.3, -0.25) is 0 Å². The molecule has 2 heterocycles. The van der Waals surface area contributed by atoms with Gasteiger partial charge in [0.25, 0.3) is 0 Å². The van der Waals surface area contributed by atoms with Crippen LogP contribution in [-0.2, 0) is 0 Å².